The second kappa shape index (κ2) is 4.20. The number of aromatic nitrogens is 2. The molecule has 1 heterocycles. The fraction of sp³-hybridized carbons (Fsp3) is 0.385. The van der Waals surface area contributed by atoms with Gasteiger partial charge in [-0.15, -0.1) is 0 Å². The van der Waals surface area contributed by atoms with Crippen LogP contribution in [0.5, 0.6) is 0 Å². The van der Waals surface area contributed by atoms with E-state index in [0.29, 0.717) is 17.0 Å². The first kappa shape index (κ1) is 11.6. The number of carboxylic acids is 1. The summed E-state index contributed by atoms with van der Waals surface area (Å²) >= 11 is 0. The molecule has 0 saturated carbocycles. The number of carboxylic acid groups (broad SMARTS) is 1. The molecule has 0 bridgehead atoms. The second-order valence-electron chi connectivity index (χ2n) is 4.68. The molecule has 4 nitrogen and oxygen atoms in total. The van der Waals surface area contributed by atoms with Crippen molar-refractivity contribution in [3.63, 3.8) is 0 Å². The molecule has 0 amide bonds. The minimum absolute atomic E-state index is 0.313. The number of para-hydroxylation sites is 1. The van der Waals surface area contributed by atoms with Crippen LogP contribution in [-0.2, 0) is 13.5 Å². The summed E-state index contributed by atoms with van der Waals surface area (Å²) in [5.74, 6) is -0.406. The normalized spacial score (nSPS) is 11.3. The zero-order valence-electron chi connectivity index (χ0n) is 10.3. The van der Waals surface area contributed by atoms with Crippen LogP contribution in [0.4, 0.5) is 0 Å². The quantitative estimate of drug-likeness (QED) is 0.884. The molecule has 0 saturated heterocycles. The third-order valence-corrected chi connectivity index (χ3v) is 2.77. The number of hydrogen-bond donors (Lipinski definition) is 1. The van der Waals surface area contributed by atoms with Crippen molar-refractivity contribution >= 4 is 16.9 Å². The van der Waals surface area contributed by atoms with Crippen LogP contribution in [0.25, 0.3) is 10.9 Å². The van der Waals surface area contributed by atoms with E-state index < -0.39 is 5.97 Å². The Morgan fingerprint density at radius 1 is 1.47 bits per heavy atom. The molecule has 1 aromatic carbocycles. The summed E-state index contributed by atoms with van der Waals surface area (Å²) < 4.78 is 1.66. The average Bonchev–Trinajstić information content (AvgIpc) is 2.55. The van der Waals surface area contributed by atoms with Crippen molar-refractivity contribution in [2.75, 3.05) is 0 Å². The summed E-state index contributed by atoms with van der Waals surface area (Å²) in [7, 11) is 1.79. The van der Waals surface area contributed by atoms with Gasteiger partial charge in [0.15, 0.2) is 0 Å². The van der Waals surface area contributed by atoms with Crippen LogP contribution in [0, 0.1) is 5.92 Å². The van der Waals surface area contributed by atoms with E-state index in [1.54, 1.807) is 23.9 Å². The first-order chi connectivity index (χ1) is 8.00. The van der Waals surface area contributed by atoms with Gasteiger partial charge in [0.2, 0.25) is 0 Å². The monoisotopic (exact) mass is 232 g/mol. The van der Waals surface area contributed by atoms with Crippen LogP contribution in [0.15, 0.2) is 18.2 Å². The molecule has 0 fully saturated rings. The highest BCUT2D eigenvalue weighted by Gasteiger charge is 2.16. The van der Waals surface area contributed by atoms with Gasteiger partial charge in [-0.3, -0.25) is 4.68 Å². The number of hydrogen-bond acceptors (Lipinski definition) is 2. The Labute approximate surface area is 99.9 Å². The molecule has 17 heavy (non-hydrogen) atoms. The molecule has 0 aliphatic carbocycles. The van der Waals surface area contributed by atoms with E-state index in [9.17, 15) is 4.79 Å². The maximum atomic E-state index is 11.2. The van der Waals surface area contributed by atoms with Crippen LogP contribution in [0.2, 0.25) is 0 Å². The zero-order chi connectivity index (χ0) is 12.6. The Balaban J connectivity index is 2.68. The minimum Gasteiger partial charge on any atom is -0.478 e. The fourth-order valence-electron chi connectivity index (χ4n) is 2.12. The maximum absolute atomic E-state index is 11.2. The summed E-state index contributed by atoms with van der Waals surface area (Å²) in [6, 6.07) is 5.33. The Morgan fingerprint density at radius 2 is 2.18 bits per heavy atom. The number of nitrogens with zero attached hydrogens (tertiary/aromatic N) is 2. The molecule has 0 aliphatic rings. The van der Waals surface area contributed by atoms with Gasteiger partial charge in [-0.05, 0) is 18.4 Å². The van der Waals surface area contributed by atoms with Gasteiger partial charge in [0.25, 0.3) is 0 Å². The molecule has 0 radical (unpaired) electrons. The SMILES string of the molecule is CC(C)Cc1nn(C)c2c(C(=O)O)cccc12. The van der Waals surface area contributed by atoms with Gasteiger partial charge in [-0.25, -0.2) is 4.79 Å². The standard InChI is InChI=1S/C13H16N2O2/c1-8(2)7-11-9-5-4-6-10(13(16)17)12(9)15(3)14-11/h4-6,8H,7H2,1-3H3,(H,16,17). The van der Waals surface area contributed by atoms with Crippen molar-refractivity contribution in [3.8, 4) is 0 Å². The van der Waals surface area contributed by atoms with Gasteiger partial charge < -0.3 is 5.11 Å². The molecular weight excluding hydrogens is 216 g/mol. The summed E-state index contributed by atoms with van der Waals surface area (Å²) in [6.45, 7) is 4.25. The molecule has 2 aromatic rings. The number of aryl methyl sites for hydroxylation is 1. The first-order valence-corrected chi connectivity index (χ1v) is 5.68. The average molecular weight is 232 g/mol. The lowest BCUT2D eigenvalue weighted by atomic mass is 10.0. The van der Waals surface area contributed by atoms with Crippen molar-refractivity contribution in [2.24, 2.45) is 13.0 Å². The molecule has 1 N–H and O–H groups in total. The minimum atomic E-state index is -0.908. The van der Waals surface area contributed by atoms with Crippen molar-refractivity contribution in [1.29, 1.82) is 0 Å². The van der Waals surface area contributed by atoms with Crippen molar-refractivity contribution < 1.29 is 9.90 Å². The Morgan fingerprint density at radius 3 is 2.76 bits per heavy atom. The van der Waals surface area contributed by atoms with Gasteiger partial charge in [0.1, 0.15) is 0 Å². The van der Waals surface area contributed by atoms with E-state index in [4.69, 9.17) is 5.11 Å². The number of benzene rings is 1. The van der Waals surface area contributed by atoms with Crippen molar-refractivity contribution in [2.45, 2.75) is 20.3 Å². The van der Waals surface area contributed by atoms with Crippen LogP contribution < -0.4 is 0 Å². The summed E-state index contributed by atoms with van der Waals surface area (Å²) in [5, 5.41) is 14.5. The lowest BCUT2D eigenvalue weighted by Gasteiger charge is -2.01. The predicted octanol–water partition coefficient (Wildman–Crippen LogP) is 2.47. The summed E-state index contributed by atoms with van der Waals surface area (Å²) in [4.78, 5) is 11.2. The van der Waals surface area contributed by atoms with Crippen LogP contribution >= 0.6 is 0 Å². The van der Waals surface area contributed by atoms with Crippen molar-refractivity contribution in [1.82, 2.24) is 9.78 Å². The van der Waals surface area contributed by atoms with E-state index >= 15 is 0 Å². The van der Waals surface area contributed by atoms with Crippen LogP contribution in [-0.4, -0.2) is 20.9 Å². The largest absolute Gasteiger partial charge is 0.478 e. The van der Waals surface area contributed by atoms with Gasteiger partial charge in [-0.1, -0.05) is 26.0 Å². The molecular formula is C13H16N2O2. The lowest BCUT2D eigenvalue weighted by molar-refractivity contribution is 0.0698. The van der Waals surface area contributed by atoms with Gasteiger partial charge in [0.05, 0.1) is 16.8 Å². The molecule has 0 aliphatic heterocycles. The van der Waals surface area contributed by atoms with E-state index in [2.05, 4.69) is 18.9 Å². The third kappa shape index (κ3) is 2.02. The maximum Gasteiger partial charge on any atom is 0.337 e. The van der Waals surface area contributed by atoms with Gasteiger partial charge >= 0.3 is 5.97 Å². The lowest BCUT2D eigenvalue weighted by Crippen LogP contribution is -2.01. The number of fused-ring (bicyclic) bond motifs is 1. The van der Waals surface area contributed by atoms with Gasteiger partial charge in [0, 0.05) is 12.4 Å². The van der Waals surface area contributed by atoms with Crippen molar-refractivity contribution in [3.05, 3.63) is 29.5 Å². The zero-order valence-corrected chi connectivity index (χ0v) is 10.3. The topological polar surface area (TPSA) is 55.1 Å². The molecule has 2 rings (SSSR count). The number of aromatic carboxylic acids is 1. The highest BCUT2D eigenvalue weighted by atomic mass is 16.4. The van der Waals surface area contributed by atoms with Crippen LogP contribution in [0.1, 0.15) is 29.9 Å². The predicted molar refractivity (Wildman–Crippen MR) is 66.2 cm³/mol. The molecule has 0 unspecified atom stereocenters. The summed E-state index contributed by atoms with van der Waals surface area (Å²) in [5.41, 5.74) is 1.99. The number of rotatable bonds is 3. The molecule has 0 spiro atoms. The molecule has 4 heteroatoms. The Bertz CT molecular complexity index is 570. The Kier molecular flexibility index (Phi) is 2.88. The van der Waals surface area contributed by atoms with E-state index in [1.807, 2.05) is 6.07 Å². The first-order valence-electron chi connectivity index (χ1n) is 5.68. The molecule has 0 atom stereocenters. The number of carbonyl (C=O) groups is 1. The highest BCUT2D eigenvalue weighted by molar-refractivity contribution is 6.02. The second-order valence-corrected chi connectivity index (χ2v) is 4.68. The smallest absolute Gasteiger partial charge is 0.337 e. The van der Waals surface area contributed by atoms with E-state index in [0.717, 1.165) is 17.5 Å². The molecule has 1 aromatic heterocycles. The van der Waals surface area contributed by atoms with E-state index in [-0.39, 0.29) is 0 Å². The van der Waals surface area contributed by atoms with E-state index in [1.165, 1.54) is 0 Å². The van der Waals surface area contributed by atoms with Gasteiger partial charge in [-0.2, -0.15) is 5.10 Å². The summed E-state index contributed by atoms with van der Waals surface area (Å²) in [6.07, 6.45) is 0.862. The Hall–Kier alpha value is -1.84. The third-order valence-electron chi connectivity index (χ3n) is 2.77. The highest BCUT2D eigenvalue weighted by Crippen LogP contribution is 2.23. The molecule has 90 valence electrons. The van der Waals surface area contributed by atoms with Crippen LogP contribution in [0.3, 0.4) is 0 Å². The fourth-order valence-corrected chi connectivity index (χ4v) is 2.12.